The fraction of sp³-hybridized carbons (Fsp3) is 0.632. The molecule has 0 saturated carbocycles. The Labute approximate surface area is 161 Å². The zero-order valence-electron chi connectivity index (χ0n) is 15.6. The lowest BCUT2D eigenvalue weighted by molar-refractivity contribution is 0.0247. The average molecular weight is 380 g/mol. The van der Waals surface area contributed by atoms with Crippen LogP contribution in [0, 0.1) is 0 Å². The van der Waals surface area contributed by atoms with E-state index in [-0.39, 0.29) is 0 Å². The van der Waals surface area contributed by atoms with Crippen molar-refractivity contribution in [2.24, 2.45) is 0 Å². The van der Waals surface area contributed by atoms with E-state index in [0.717, 1.165) is 69.2 Å². The number of anilines is 1. The van der Waals surface area contributed by atoms with E-state index in [1.165, 1.54) is 0 Å². The first-order chi connectivity index (χ1) is 12.7. The second-order valence-electron chi connectivity index (χ2n) is 6.82. The number of likely N-dealkylation sites (tertiary alicyclic amines) is 1. The number of hydrogen-bond acceptors (Lipinski definition) is 5. The molecule has 2 aliphatic rings. The number of hydrogen-bond donors (Lipinski definition) is 2. The molecular formula is C19H29N3O3S. The van der Waals surface area contributed by atoms with Gasteiger partial charge in [-0.3, -0.25) is 0 Å². The molecule has 7 heteroatoms. The molecule has 26 heavy (non-hydrogen) atoms. The summed E-state index contributed by atoms with van der Waals surface area (Å²) in [5.41, 5.74) is 0.809. The smallest absolute Gasteiger partial charge is 0.171 e. The van der Waals surface area contributed by atoms with Gasteiger partial charge in [0.1, 0.15) is 11.5 Å². The van der Waals surface area contributed by atoms with Crippen LogP contribution in [-0.4, -0.2) is 62.6 Å². The van der Waals surface area contributed by atoms with Crippen molar-refractivity contribution in [1.82, 2.24) is 10.2 Å². The lowest BCUT2D eigenvalue weighted by Gasteiger charge is -2.39. The van der Waals surface area contributed by atoms with E-state index in [9.17, 15) is 0 Å². The summed E-state index contributed by atoms with van der Waals surface area (Å²) in [4.78, 5) is 2.61. The number of benzene rings is 1. The Bertz CT molecular complexity index is 600. The number of rotatable bonds is 5. The molecule has 2 saturated heterocycles. The summed E-state index contributed by atoms with van der Waals surface area (Å²) in [6, 6.07) is 6.72. The van der Waals surface area contributed by atoms with Crippen LogP contribution in [0.25, 0.3) is 0 Å². The van der Waals surface area contributed by atoms with Crippen LogP contribution in [0.4, 0.5) is 5.69 Å². The first-order valence-corrected chi connectivity index (χ1v) is 9.71. The molecular weight excluding hydrogens is 350 g/mol. The summed E-state index contributed by atoms with van der Waals surface area (Å²) in [5, 5.41) is 7.32. The maximum absolute atomic E-state index is 5.51. The molecule has 0 spiro atoms. The Morgan fingerprint density at radius 3 is 2.50 bits per heavy atom. The molecule has 0 unspecified atom stereocenters. The van der Waals surface area contributed by atoms with E-state index in [4.69, 9.17) is 26.4 Å². The molecule has 1 aromatic rings. The number of nitrogens with one attached hydrogen (secondary N) is 2. The van der Waals surface area contributed by atoms with E-state index in [1.807, 2.05) is 18.2 Å². The van der Waals surface area contributed by atoms with Gasteiger partial charge in [-0.2, -0.15) is 0 Å². The first-order valence-electron chi connectivity index (χ1n) is 9.31. The van der Waals surface area contributed by atoms with Gasteiger partial charge in [-0.25, -0.2) is 0 Å². The van der Waals surface area contributed by atoms with E-state index in [1.54, 1.807) is 14.2 Å². The highest BCUT2D eigenvalue weighted by Gasteiger charge is 2.26. The summed E-state index contributed by atoms with van der Waals surface area (Å²) in [6.07, 6.45) is 4.53. The van der Waals surface area contributed by atoms with Crippen molar-refractivity contribution in [3.8, 4) is 11.5 Å². The van der Waals surface area contributed by atoms with Crippen LogP contribution in [0.15, 0.2) is 18.2 Å². The van der Waals surface area contributed by atoms with Gasteiger partial charge < -0.3 is 29.7 Å². The third-order valence-electron chi connectivity index (χ3n) is 5.23. The molecule has 6 nitrogen and oxygen atoms in total. The molecule has 144 valence electrons. The number of thiocarbonyl (C=S) groups is 1. The Morgan fingerprint density at radius 2 is 1.85 bits per heavy atom. The molecule has 0 amide bonds. The fourth-order valence-corrected chi connectivity index (χ4v) is 3.99. The van der Waals surface area contributed by atoms with Crippen molar-refractivity contribution >= 4 is 23.0 Å². The normalized spacial score (nSPS) is 19.8. The van der Waals surface area contributed by atoms with Gasteiger partial charge in [0.25, 0.3) is 0 Å². The molecule has 0 aromatic heterocycles. The van der Waals surface area contributed by atoms with Crippen molar-refractivity contribution in [3.63, 3.8) is 0 Å². The van der Waals surface area contributed by atoms with E-state index >= 15 is 0 Å². The van der Waals surface area contributed by atoms with Gasteiger partial charge in [0.2, 0.25) is 0 Å². The highest BCUT2D eigenvalue weighted by atomic mass is 32.1. The summed E-state index contributed by atoms with van der Waals surface area (Å²) < 4.78 is 16.1. The van der Waals surface area contributed by atoms with Gasteiger partial charge in [-0.05, 0) is 50.0 Å². The highest BCUT2D eigenvalue weighted by molar-refractivity contribution is 7.80. The molecule has 0 aliphatic carbocycles. The van der Waals surface area contributed by atoms with Gasteiger partial charge in [0, 0.05) is 44.5 Å². The van der Waals surface area contributed by atoms with Crippen LogP contribution in [0.3, 0.4) is 0 Å². The van der Waals surface area contributed by atoms with Crippen molar-refractivity contribution < 1.29 is 14.2 Å². The van der Waals surface area contributed by atoms with Crippen molar-refractivity contribution in [2.75, 3.05) is 45.8 Å². The summed E-state index contributed by atoms with van der Waals surface area (Å²) >= 11 is 5.51. The topological polar surface area (TPSA) is 55.0 Å². The standard InChI is InChI=1S/C19H29N3O3S/c1-23-16-3-4-18(24-2)17(13-16)21-19(26)20-14-5-9-22(10-6-14)15-7-11-25-12-8-15/h3-4,13-15H,5-12H2,1-2H3,(H2,20,21,26). The molecule has 0 radical (unpaired) electrons. The lowest BCUT2D eigenvalue weighted by atomic mass is 10.00. The SMILES string of the molecule is COc1ccc(OC)c(NC(=S)NC2CCN(C3CCOCC3)CC2)c1. The number of nitrogens with zero attached hydrogens (tertiary/aromatic N) is 1. The third-order valence-corrected chi connectivity index (χ3v) is 5.45. The maximum atomic E-state index is 5.51. The molecule has 2 heterocycles. The number of piperidine rings is 1. The van der Waals surface area contributed by atoms with Crippen LogP contribution in [-0.2, 0) is 4.74 Å². The molecule has 1 aromatic carbocycles. The maximum Gasteiger partial charge on any atom is 0.171 e. The molecule has 0 atom stereocenters. The first kappa shape index (κ1) is 19.2. The third kappa shape index (κ3) is 4.99. The van der Waals surface area contributed by atoms with Gasteiger partial charge in [0.05, 0.1) is 19.9 Å². The largest absolute Gasteiger partial charge is 0.497 e. The molecule has 2 aliphatic heterocycles. The number of methoxy groups -OCH3 is 2. The predicted molar refractivity (Wildman–Crippen MR) is 107 cm³/mol. The van der Waals surface area contributed by atoms with Crippen molar-refractivity contribution in [2.45, 2.75) is 37.8 Å². The summed E-state index contributed by atoms with van der Waals surface area (Å²) in [6.45, 7) is 4.04. The lowest BCUT2D eigenvalue weighted by Crippen LogP contribution is -2.49. The number of ether oxygens (including phenoxy) is 3. The van der Waals surface area contributed by atoms with Gasteiger partial charge in [0.15, 0.2) is 5.11 Å². The second-order valence-corrected chi connectivity index (χ2v) is 7.23. The van der Waals surface area contributed by atoms with Crippen LogP contribution in [0.5, 0.6) is 11.5 Å². The second kappa shape index (κ2) is 9.39. The van der Waals surface area contributed by atoms with Gasteiger partial charge >= 0.3 is 0 Å². The average Bonchev–Trinajstić information content (AvgIpc) is 2.69. The molecule has 3 rings (SSSR count). The monoisotopic (exact) mass is 379 g/mol. The summed E-state index contributed by atoms with van der Waals surface area (Å²) in [7, 11) is 3.30. The molecule has 2 N–H and O–H groups in total. The van der Waals surface area contributed by atoms with Crippen LogP contribution in [0.1, 0.15) is 25.7 Å². The van der Waals surface area contributed by atoms with Gasteiger partial charge in [-0.15, -0.1) is 0 Å². The van der Waals surface area contributed by atoms with Crippen LogP contribution < -0.4 is 20.1 Å². The van der Waals surface area contributed by atoms with Crippen LogP contribution >= 0.6 is 12.2 Å². The van der Waals surface area contributed by atoms with E-state index in [0.29, 0.717) is 17.2 Å². The zero-order valence-corrected chi connectivity index (χ0v) is 16.4. The minimum absolute atomic E-state index is 0.405. The Morgan fingerprint density at radius 1 is 1.12 bits per heavy atom. The molecule has 0 bridgehead atoms. The fourth-order valence-electron chi connectivity index (χ4n) is 3.71. The Kier molecular flexibility index (Phi) is 6.93. The van der Waals surface area contributed by atoms with Crippen molar-refractivity contribution in [1.29, 1.82) is 0 Å². The quantitative estimate of drug-likeness (QED) is 0.763. The molecule has 2 fully saturated rings. The van der Waals surface area contributed by atoms with E-state index < -0.39 is 0 Å². The Balaban J connectivity index is 1.48. The van der Waals surface area contributed by atoms with Crippen molar-refractivity contribution in [3.05, 3.63) is 18.2 Å². The summed E-state index contributed by atoms with van der Waals surface area (Å²) in [5.74, 6) is 1.50. The van der Waals surface area contributed by atoms with Crippen LogP contribution in [0.2, 0.25) is 0 Å². The minimum atomic E-state index is 0.405. The Hall–Kier alpha value is -1.57. The predicted octanol–water partition coefficient (Wildman–Crippen LogP) is 2.63. The van der Waals surface area contributed by atoms with Gasteiger partial charge in [-0.1, -0.05) is 0 Å². The highest BCUT2D eigenvalue weighted by Crippen LogP contribution is 2.29. The zero-order chi connectivity index (χ0) is 18.4. The minimum Gasteiger partial charge on any atom is -0.497 e. The van der Waals surface area contributed by atoms with E-state index in [2.05, 4.69) is 15.5 Å².